The van der Waals surface area contributed by atoms with Gasteiger partial charge in [-0.15, -0.1) is 0 Å². The molecule has 0 spiro atoms. The maximum Gasteiger partial charge on any atom is 0.157 e. The highest BCUT2D eigenvalue weighted by atomic mass is 35.5. The SMILES string of the molecule is C[C@@]12C[C@@H](O)O[C@@H](C1)c1ccc(Cl)cc1N2. The zero-order chi connectivity index (χ0) is 11.3. The van der Waals surface area contributed by atoms with Crippen LogP contribution in [0.2, 0.25) is 5.02 Å². The molecular formula is C12H14ClNO2. The molecule has 2 bridgehead atoms. The average molecular weight is 240 g/mol. The summed E-state index contributed by atoms with van der Waals surface area (Å²) in [5.41, 5.74) is 2.01. The minimum absolute atomic E-state index is 0.0257. The van der Waals surface area contributed by atoms with Gasteiger partial charge >= 0.3 is 0 Å². The molecule has 16 heavy (non-hydrogen) atoms. The summed E-state index contributed by atoms with van der Waals surface area (Å²) < 4.78 is 5.56. The minimum Gasteiger partial charge on any atom is -0.379 e. The Morgan fingerprint density at radius 1 is 1.50 bits per heavy atom. The number of hydrogen-bond donors (Lipinski definition) is 2. The number of aliphatic hydroxyl groups excluding tert-OH is 1. The first-order valence-corrected chi connectivity index (χ1v) is 5.85. The third-order valence-electron chi connectivity index (χ3n) is 3.38. The number of anilines is 1. The molecule has 1 saturated heterocycles. The van der Waals surface area contributed by atoms with Crippen LogP contribution >= 0.6 is 11.6 Å². The van der Waals surface area contributed by atoms with E-state index in [0.29, 0.717) is 6.42 Å². The van der Waals surface area contributed by atoms with E-state index in [0.717, 1.165) is 22.7 Å². The Labute approximate surface area is 99.4 Å². The molecular weight excluding hydrogens is 226 g/mol. The van der Waals surface area contributed by atoms with Gasteiger partial charge in [-0.05, 0) is 19.1 Å². The zero-order valence-corrected chi connectivity index (χ0v) is 9.79. The van der Waals surface area contributed by atoms with Crippen molar-refractivity contribution in [2.75, 3.05) is 5.32 Å². The molecule has 1 fully saturated rings. The van der Waals surface area contributed by atoms with Crippen LogP contribution in [-0.2, 0) is 4.74 Å². The first-order valence-electron chi connectivity index (χ1n) is 5.47. The molecule has 2 aliphatic rings. The second-order valence-electron chi connectivity index (χ2n) is 4.90. The Morgan fingerprint density at radius 2 is 2.31 bits per heavy atom. The van der Waals surface area contributed by atoms with Crippen molar-refractivity contribution in [2.24, 2.45) is 0 Å². The van der Waals surface area contributed by atoms with Gasteiger partial charge in [-0.1, -0.05) is 17.7 Å². The Balaban J connectivity index is 2.07. The molecule has 2 aliphatic heterocycles. The van der Waals surface area contributed by atoms with E-state index in [1.165, 1.54) is 0 Å². The van der Waals surface area contributed by atoms with Crippen molar-refractivity contribution >= 4 is 17.3 Å². The summed E-state index contributed by atoms with van der Waals surface area (Å²) in [5, 5.41) is 13.8. The molecule has 1 aromatic carbocycles. The van der Waals surface area contributed by atoms with E-state index in [4.69, 9.17) is 16.3 Å². The Kier molecular flexibility index (Phi) is 2.18. The number of nitrogens with one attached hydrogen (secondary N) is 1. The lowest BCUT2D eigenvalue weighted by atomic mass is 9.81. The van der Waals surface area contributed by atoms with Crippen LogP contribution in [-0.4, -0.2) is 16.9 Å². The van der Waals surface area contributed by atoms with Gasteiger partial charge in [-0.2, -0.15) is 0 Å². The maximum atomic E-state index is 9.67. The molecule has 3 rings (SSSR count). The highest BCUT2D eigenvalue weighted by molar-refractivity contribution is 6.30. The van der Waals surface area contributed by atoms with E-state index in [2.05, 4.69) is 12.2 Å². The van der Waals surface area contributed by atoms with Crippen molar-refractivity contribution in [1.82, 2.24) is 0 Å². The number of rotatable bonds is 0. The standard InChI is InChI=1S/C12H14ClNO2/c1-12-5-10(16-11(15)6-12)8-3-2-7(13)4-9(8)14-12/h2-4,10-11,14-15H,5-6H2,1H3/t10-,11-,12-/m0/s1. The van der Waals surface area contributed by atoms with Crippen LogP contribution < -0.4 is 5.32 Å². The summed E-state index contributed by atoms with van der Waals surface area (Å²) >= 11 is 5.98. The molecule has 0 unspecified atom stereocenters. The van der Waals surface area contributed by atoms with Gasteiger partial charge in [0.25, 0.3) is 0 Å². The van der Waals surface area contributed by atoms with Crippen LogP contribution in [0.4, 0.5) is 5.69 Å². The predicted molar refractivity (Wildman–Crippen MR) is 62.5 cm³/mol. The van der Waals surface area contributed by atoms with Crippen molar-refractivity contribution in [1.29, 1.82) is 0 Å². The molecule has 2 N–H and O–H groups in total. The van der Waals surface area contributed by atoms with E-state index in [1.54, 1.807) is 0 Å². The van der Waals surface area contributed by atoms with Gasteiger partial charge in [0.1, 0.15) is 0 Å². The summed E-state index contributed by atoms with van der Waals surface area (Å²) in [5.74, 6) is 0. The van der Waals surface area contributed by atoms with Gasteiger partial charge in [0.15, 0.2) is 6.29 Å². The highest BCUT2D eigenvalue weighted by Crippen LogP contribution is 2.46. The molecule has 0 aliphatic carbocycles. The summed E-state index contributed by atoms with van der Waals surface area (Å²) in [6, 6.07) is 5.74. The molecule has 1 aromatic rings. The Hall–Kier alpha value is -0.770. The Bertz CT molecular complexity index is 437. The molecule has 0 aromatic heterocycles. The topological polar surface area (TPSA) is 41.5 Å². The lowest BCUT2D eigenvalue weighted by Crippen LogP contribution is -2.48. The monoisotopic (exact) mass is 239 g/mol. The van der Waals surface area contributed by atoms with Crippen LogP contribution in [0.5, 0.6) is 0 Å². The molecule has 3 atom stereocenters. The second kappa shape index (κ2) is 3.36. The zero-order valence-electron chi connectivity index (χ0n) is 9.03. The van der Waals surface area contributed by atoms with Crippen molar-refractivity contribution in [3.05, 3.63) is 28.8 Å². The van der Waals surface area contributed by atoms with Crippen LogP contribution in [0.1, 0.15) is 31.4 Å². The first-order chi connectivity index (χ1) is 7.56. The highest BCUT2D eigenvalue weighted by Gasteiger charge is 2.42. The number of benzene rings is 1. The van der Waals surface area contributed by atoms with Gasteiger partial charge in [-0.25, -0.2) is 0 Å². The van der Waals surface area contributed by atoms with Crippen molar-refractivity contribution in [2.45, 2.75) is 37.7 Å². The first kappa shape index (κ1) is 10.4. The van der Waals surface area contributed by atoms with E-state index in [1.807, 2.05) is 18.2 Å². The summed E-state index contributed by atoms with van der Waals surface area (Å²) in [6.45, 7) is 2.11. The normalized spacial score (nSPS) is 36.4. The second-order valence-corrected chi connectivity index (χ2v) is 5.34. The molecule has 86 valence electrons. The van der Waals surface area contributed by atoms with Crippen LogP contribution in [0.15, 0.2) is 18.2 Å². The van der Waals surface area contributed by atoms with E-state index in [-0.39, 0.29) is 11.6 Å². The summed E-state index contributed by atoms with van der Waals surface area (Å²) in [4.78, 5) is 0. The van der Waals surface area contributed by atoms with Crippen LogP contribution in [0, 0.1) is 0 Å². The molecule has 0 saturated carbocycles. The van der Waals surface area contributed by atoms with Gasteiger partial charge < -0.3 is 15.2 Å². The van der Waals surface area contributed by atoms with Crippen molar-refractivity contribution < 1.29 is 9.84 Å². The lowest BCUT2D eigenvalue weighted by molar-refractivity contribution is -0.181. The smallest absolute Gasteiger partial charge is 0.157 e. The van der Waals surface area contributed by atoms with Crippen LogP contribution in [0.25, 0.3) is 0 Å². The number of fused-ring (bicyclic) bond motifs is 4. The van der Waals surface area contributed by atoms with Gasteiger partial charge in [0, 0.05) is 34.7 Å². The summed E-state index contributed by atoms with van der Waals surface area (Å²) in [7, 11) is 0. The third-order valence-corrected chi connectivity index (χ3v) is 3.62. The summed E-state index contributed by atoms with van der Waals surface area (Å²) in [6.07, 6.45) is 0.788. The molecule has 0 radical (unpaired) electrons. The number of hydrogen-bond acceptors (Lipinski definition) is 3. The molecule has 4 heteroatoms. The molecule has 0 amide bonds. The quantitative estimate of drug-likeness (QED) is 0.732. The van der Waals surface area contributed by atoms with Gasteiger partial charge in [0.05, 0.1) is 6.10 Å². The van der Waals surface area contributed by atoms with Crippen molar-refractivity contribution in [3.63, 3.8) is 0 Å². The van der Waals surface area contributed by atoms with Crippen LogP contribution in [0.3, 0.4) is 0 Å². The number of ether oxygens (including phenoxy) is 1. The average Bonchev–Trinajstić information content (AvgIpc) is 2.13. The van der Waals surface area contributed by atoms with E-state index in [9.17, 15) is 5.11 Å². The predicted octanol–water partition coefficient (Wildman–Crippen LogP) is 2.69. The largest absolute Gasteiger partial charge is 0.379 e. The lowest BCUT2D eigenvalue weighted by Gasteiger charge is -2.46. The van der Waals surface area contributed by atoms with Crippen molar-refractivity contribution in [3.8, 4) is 0 Å². The fourth-order valence-electron chi connectivity index (χ4n) is 2.69. The third kappa shape index (κ3) is 1.59. The fraction of sp³-hybridized carbons (Fsp3) is 0.500. The molecule has 3 nitrogen and oxygen atoms in total. The number of aliphatic hydroxyl groups is 1. The van der Waals surface area contributed by atoms with E-state index < -0.39 is 6.29 Å². The Morgan fingerprint density at radius 3 is 3.12 bits per heavy atom. The fourth-order valence-corrected chi connectivity index (χ4v) is 2.86. The van der Waals surface area contributed by atoms with Gasteiger partial charge in [0.2, 0.25) is 0 Å². The molecule has 2 heterocycles. The maximum absolute atomic E-state index is 9.67. The minimum atomic E-state index is -0.680. The van der Waals surface area contributed by atoms with E-state index >= 15 is 0 Å². The number of halogens is 1. The van der Waals surface area contributed by atoms with Gasteiger partial charge in [-0.3, -0.25) is 0 Å².